The molecular formula is C19H28N4O6. The van der Waals surface area contributed by atoms with Gasteiger partial charge in [-0.3, -0.25) is 0 Å². The second-order valence-corrected chi connectivity index (χ2v) is 9.20. The summed E-state index contributed by atoms with van der Waals surface area (Å²) in [5.41, 5.74) is -2.89. The van der Waals surface area contributed by atoms with Gasteiger partial charge in [0, 0.05) is 0 Å². The number of nitriles is 1. The van der Waals surface area contributed by atoms with Gasteiger partial charge >= 0.3 is 18.3 Å². The van der Waals surface area contributed by atoms with Crippen molar-refractivity contribution < 1.29 is 28.6 Å². The Labute approximate surface area is 170 Å². The predicted molar refractivity (Wildman–Crippen MR) is 104 cm³/mol. The summed E-state index contributed by atoms with van der Waals surface area (Å²) in [6.45, 7) is 14.7. The van der Waals surface area contributed by atoms with Crippen molar-refractivity contribution in [3.8, 4) is 6.07 Å². The normalized spacial score (nSPS) is 12.0. The third-order valence-corrected chi connectivity index (χ3v) is 2.76. The van der Waals surface area contributed by atoms with Crippen molar-refractivity contribution in [3.63, 3.8) is 0 Å². The molecule has 1 rings (SSSR count). The molecule has 0 atom stereocenters. The highest BCUT2D eigenvalue weighted by Crippen LogP contribution is 2.24. The third kappa shape index (κ3) is 7.44. The molecule has 0 saturated carbocycles. The van der Waals surface area contributed by atoms with Crippen LogP contribution in [0.2, 0.25) is 0 Å². The summed E-state index contributed by atoms with van der Waals surface area (Å²) in [5.74, 6) is -0.401. The molecule has 0 aromatic carbocycles. The van der Waals surface area contributed by atoms with Crippen LogP contribution in [-0.4, -0.2) is 44.9 Å². The summed E-state index contributed by atoms with van der Waals surface area (Å²) in [4.78, 5) is 38.1. The lowest BCUT2D eigenvalue weighted by Gasteiger charge is -2.27. The quantitative estimate of drug-likeness (QED) is 0.633. The molecule has 0 saturated heterocycles. The molecule has 0 N–H and O–H groups in total. The first-order chi connectivity index (χ1) is 12.9. The summed E-state index contributed by atoms with van der Waals surface area (Å²) in [5, 5.41) is 13.3. The van der Waals surface area contributed by atoms with Crippen LogP contribution in [0.25, 0.3) is 0 Å². The number of carbonyl (C=O) groups is 3. The second kappa shape index (κ2) is 8.11. The highest BCUT2D eigenvalue weighted by Gasteiger charge is 2.36. The van der Waals surface area contributed by atoms with Crippen molar-refractivity contribution in [1.82, 2.24) is 9.78 Å². The van der Waals surface area contributed by atoms with Crippen LogP contribution >= 0.6 is 0 Å². The highest BCUT2D eigenvalue weighted by molar-refractivity contribution is 6.09. The van der Waals surface area contributed by atoms with E-state index in [1.165, 1.54) is 0 Å². The molecule has 0 aliphatic heterocycles. The average Bonchev–Trinajstić information content (AvgIpc) is 2.85. The van der Waals surface area contributed by atoms with Crippen LogP contribution in [-0.2, 0) is 14.2 Å². The Morgan fingerprint density at radius 2 is 1.31 bits per heavy atom. The Kier molecular flexibility index (Phi) is 6.70. The maximum Gasteiger partial charge on any atom is 0.435 e. The second-order valence-electron chi connectivity index (χ2n) is 9.20. The molecule has 0 aliphatic carbocycles. The van der Waals surface area contributed by atoms with Crippen LogP contribution in [0, 0.1) is 11.3 Å². The first-order valence-corrected chi connectivity index (χ1v) is 8.93. The van der Waals surface area contributed by atoms with E-state index < -0.39 is 40.9 Å². The Morgan fingerprint density at radius 3 is 1.66 bits per heavy atom. The van der Waals surface area contributed by atoms with E-state index in [0.29, 0.717) is 4.90 Å². The highest BCUT2D eigenvalue weighted by atomic mass is 16.6. The van der Waals surface area contributed by atoms with Crippen molar-refractivity contribution in [2.75, 3.05) is 4.90 Å². The molecule has 1 heterocycles. The molecule has 0 spiro atoms. The summed E-state index contributed by atoms with van der Waals surface area (Å²) in [7, 11) is 0. The number of anilines is 1. The zero-order valence-corrected chi connectivity index (χ0v) is 18.3. The van der Waals surface area contributed by atoms with E-state index in [1.807, 2.05) is 0 Å². The van der Waals surface area contributed by atoms with Gasteiger partial charge in [0.2, 0.25) is 0 Å². The molecule has 0 unspecified atom stereocenters. The number of rotatable bonds is 1. The molecule has 10 nitrogen and oxygen atoms in total. The van der Waals surface area contributed by atoms with Crippen LogP contribution in [0.3, 0.4) is 0 Å². The van der Waals surface area contributed by atoms with Gasteiger partial charge in [-0.2, -0.15) is 14.8 Å². The van der Waals surface area contributed by atoms with Gasteiger partial charge in [-0.25, -0.2) is 14.4 Å². The fourth-order valence-corrected chi connectivity index (χ4v) is 1.87. The van der Waals surface area contributed by atoms with E-state index >= 15 is 0 Å². The number of hydrogen-bond donors (Lipinski definition) is 0. The average molecular weight is 408 g/mol. The predicted octanol–water partition coefficient (Wildman–Crippen LogP) is 4.21. The topological polar surface area (TPSA) is 124 Å². The van der Waals surface area contributed by atoms with Crippen LogP contribution in [0.5, 0.6) is 0 Å². The number of carbonyl (C=O) groups excluding carboxylic acids is 3. The van der Waals surface area contributed by atoms with Gasteiger partial charge < -0.3 is 14.2 Å². The minimum atomic E-state index is -1.10. The SMILES string of the molecule is CC(C)(C)OC(=O)N(C(=O)OC(C)(C)C)c1nn(C(=O)OC(C)(C)C)cc1C#N. The van der Waals surface area contributed by atoms with Crippen LogP contribution in [0.1, 0.15) is 67.9 Å². The Bertz CT molecular complexity index is 803. The molecule has 1 aromatic rings. The smallest absolute Gasteiger partial charge is 0.435 e. The molecule has 160 valence electrons. The van der Waals surface area contributed by atoms with Crippen molar-refractivity contribution in [3.05, 3.63) is 11.8 Å². The maximum atomic E-state index is 12.7. The molecule has 0 aliphatic rings. The van der Waals surface area contributed by atoms with E-state index in [0.717, 1.165) is 10.9 Å². The molecule has 29 heavy (non-hydrogen) atoms. The van der Waals surface area contributed by atoms with Crippen LogP contribution < -0.4 is 4.90 Å². The van der Waals surface area contributed by atoms with Crippen molar-refractivity contribution >= 4 is 24.1 Å². The molecule has 0 bridgehead atoms. The minimum absolute atomic E-state index is 0.215. The van der Waals surface area contributed by atoms with Gasteiger partial charge in [0.25, 0.3) is 0 Å². The fraction of sp³-hybridized carbons (Fsp3) is 0.632. The first kappa shape index (κ1) is 23.9. The number of nitrogens with zero attached hydrogens (tertiary/aromatic N) is 4. The number of hydrogen-bond acceptors (Lipinski definition) is 8. The van der Waals surface area contributed by atoms with Gasteiger partial charge in [-0.15, -0.1) is 5.10 Å². The number of amides is 2. The number of imide groups is 1. The largest absolute Gasteiger partial charge is 0.443 e. The zero-order valence-electron chi connectivity index (χ0n) is 18.3. The fourth-order valence-electron chi connectivity index (χ4n) is 1.87. The number of aromatic nitrogens is 2. The van der Waals surface area contributed by atoms with E-state index in [9.17, 15) is 19.6 Å². The van der Waals surface area contributed by atoms with Gasteiger partial charge in [0.15, 0.2) is 5.82 Å². The van der Waals surface area contributed by atoms with E-state index in [1.54, 1.807) is 68.4 Å². The number of ether oxygens (including phenoxy) is 3. The Balaban J connectivity index is 3.44. The minimum Gasteiger partial charge on any atom is -0.443 e. The lowest BCUT2D eigenvalue weighted by Crippen LogP contribution is -2.44. The first-order valence-electron chi connectivity index (χ1n) is 8.93. The Hall–Kier alpha value is -3.09. The van der Waals surface area contributed by atoms with E-state index in [2.05, 4.69) is 5.10 Å². The summed E-state index contributed by atoms with van der Waals surface area (Å²) < 4.78 is 16.4. The monoisotopic (exact) mass is 408 g/mol. The zero-order chi connectivity index (χ0) is 22.8. The lowest BCUT2D eigenvalue weighted by atomic mass is 10.2. The molecule has 10 heteroatoms. The molecule has 2 amide bonds. The van der Waals surface area contributed by atoms with Gasteiger partial charge in [-0.1, -0.05) is 0 Å². The summed E-state index contributed by atoms with van der Waals surface area (Å²) in [6.07, 6.45) is -2.02. The summed E-state index contributed by atoms with van der Waals surface area (Å²) >= 11 is 0. The van der Waals surface area contributed by atoms with E-state index in [-0.39, 0.29) is 5.56 Å². The maximum absolute atomic E-state index is 12.7. The van der Waals surface area contributed by atoms with Crippen LogP contribution in [0.4, 0.5) is 20.2 Å². The van der Waals surface area contributed by atoms with Gasteiger partial charge in [0.05, 0.1) is 6.20 Å². The standard InChI is InChI=1S/C19H28N4O6/c1-17(2,3)27-14(24)22-11-12(10-20)13(21-22)23(15(25)28-18(4,5)6)16(26)29-19(7,8)9/h11H,1-9H3. The van der Waals surface area contributed by atoms with Gasteiger partial charge in [0.1, 0.15) is 28.4 Å². The van der Waals surface area contributed by atoms with Crippen molar-refractivity contribution in [2.45, 2.75) is 79.1 Å². The lowest BCUT2D eigenvalue weighted by molar-refractivity contribution is 0.0420. The van der Waals surface area contributed by atoms with Crippen molar-refractivity contribution in [2.24, 2.45) is 0 Å². The van der Waals surface area contributed by atoms with Gasteiger partial charge in [-0.05, 0) is 62.3 Å². The molecule has 0 fully saturated rings. The third-order valence-electron chi connectivity index (χ3n) is 2.76. The molecule has 1 aromatic heterocycles. The van der Waals surface area contributed by atoms with E-state index in [4.69, 9.17) is 14.2 Å². The summed E-state index contributed by atoms with van der Waals surface area (Å²) in [6, 6.07) is 1.80. The van der Waals surface area contributed by atoms with Crippen LogP contribution in [0.15, 0.2) is 6.20 Å². The molecule has 0 radical (unpaired) electrons. The van der Waals surface area contributed by atoms with Crippen molar-refractivity contribution in [1.29, 1.82) is 5.26 Å². The molecular weight excluding hydrogens is 380 g/mol. The Morgan fingerprint density at radius 1 is 0.897 bits per heavy atom.